The molecule has 0 aliphatic rings. The van der Waals surface area contributed by atoms with Gasteiger partial charge in [0.05, 0.1) is 6.54 Å². The molecule has 34 heavy (non-hydrogen) atoms. The van der Waals surface area contributed by atoms with E-state index in [1.54, 1.807) is 11.6 Å². The summed E-state index contributed by atoms with van der Waals surface area (Å²) in [6.45, 7) is 0.199. The van der Waals surface area contributed by atoms with Gasteiger partial charge in [0, 0.05) is 30.6 Å². The van der Waals surface area contributed by atoms with E-state index in [2.05, 4.69) is 26.8 Å². The second kappa shape index (κ2) is 11.3. The van der Waals surface area contributed by atoms with Crippen molar-refractivity contribution in [2.45, 2.75) is 51.6 Å². The number of nitrogens with zero attached hydrogens (tertiary/aromatic N) is 4. The van der Waals surface area contributed by atoms with E-state index in [4.69, 9.17) is 16.2 Å². The maximum Gasteiger partial charge on any atom is 0.333 e. The quantitative estimate of drug-likeness (QED) is 0.215. The Bertz CT molecular complexity index is 1380. The van der Waals surface area contributed by atoms with E-state index >= 15 is 0 Å². The monoisotopic (exact) mass is 550 g/mol. The molecule has 0 aliphatic heterocycles. The molecule has 2 aromatic heterocycles. The lowest BCUT2D eigenvalue weighted by atomic mass is 10.1. The smallest absolute Gasteiger partial charge is 0.325 e. The van der Waals surface area contributed by atoms with Crippen molar-refractivity contribution in [1.29, 1.82) is 0 Å². The highest BCUT2D eigenvalue weighted by Crippen LogP contribution is 2.35. The molecule has 0 saturated heterocycles. The fraction of sp³-hybridized carbons (Fsp3) is 0.435. The predicted molar refractivity (Wildman–Crippen MR) is 135 cm³/mol. The zero-order valence-electron chi connectivity index (χ0n) is 19.0. The summed E-state index contributed by atoms with van der Waals surface area (Å²) >= 11 is 3.55. The van der Waals surface area contributed by atoms with Crippen LogP contribution in [0.5, 0.6) is 0 Å². The summed E-state index contributed by atoms with van der Waals surface area (Å²) in [6, 6.07) is 7.90. The fourth-order valence-corrected chi connectivity index (χ4v) is 5.07. The molecule has 0 fully saturated rings. The van der Waals surface area contributed by atoms with Crippen LogP contribution >= 0.6 is 23.5 Å². The minimum atomic E-state index is -4.00. The van der Waals surface area contributed by atoms with Gasteiger partial charge in [-0.2, -0.15) is 0 Å². The molecule has 1 aromatic carbocycles. The van der Waals surface area contributed by atoms with E-state index in [1.807, 2.05) is 24.3 Å². The van der Waals surface area contributed by atoms with Gasteiger partial charge in [-0.1, -0.05) is 52.9 Å². The molecule has 3 aromatic rings. The largest absolute Gasteiger partial charge is 0.333 e. The number of halogens is 1. The van der Waals surface area contributed by atoms with Gasteiger partial charge in [-0.3, -0.25) is 13.9 Å². The average Bonchev–Trinajstić information content (AvgIpc) is 3.10. The fourth-order valence-electron chi connectivity index (χ4n) is 3.95. The van der Waals surface area contributed by atoms with Crippen molar-refractivity contribution in [3.05, 3.63) is 61.0 Å². The van der Waals surface area contributed by atoms with E-state index in [0.717, 1.165) is 14.6 Å². The Morgan fingerprint density at radius 2 is 1.79 bits per heavy atom. The van der Waals surface area contributed by atoms with Crippen molar-refractivity contribution >= 4 is 34.7 Å². The van der Waals surface area contributed by atoms with E-state index in [9.17, 15) is 14.2 Å². The highest BCUT2D eigenvalue weighted by molar-refractivity contribution is 9.10. The van der Waals surface area contributed by atoms with Crippen LogP contribution in [0.25, 0.3) is 11.2 Å². The van der Waals surface area contributed by atoms with Gasteiger partial charge in [0.15, 0.2) is 11.2 Å². The van der Waals surface area contributed by atoms with Gasteiger partial charge in [-0.15, -0.1) is 6.42 Å². The Labute approximate surface area is 205 Å². The molecule has 0 atom stereocenters. The van der Waals surface area contributed by atoms with Crippen LogP contribution in [0, 0.1) is 12.3 Å². The third-order valence-electron chi connectivity index (χ3n) is 5.74. The first kappa shape index (κ1) is 26.2. The molecule has 2 heterocycles. The Balaban J connectivity index is 1.89. The third-order valence-corrected chi connectivity index (χ3v) is 7.41. The first-order valence-corrected chi connectivity index (χ1v) is 13.6. The van der Waals surface area contributed by atoms with Crippen molar-refractivity contribution in [3.8, 4) is 12.3 Å². The Kier molecular flexibility index (Phi) is 8.72. The summed E-state index contributed by atoms with van der Waals surface area (Å²) in [4.78, 5) is 48.8. The highest BCUT2D eigenvalue weighted by atomic mass is 79.9. The molecule has 2 N–H and O–H groups in total. The summed E-state index contributed by atoms with van der Waals surface area (Å²) < 4.78 is 16.3. The average molecular weight is 551 g/mol. The number of benzene rings is 1. The minimum absolute atomic E-state index is 0.132. The summed E-state index contributed by atoms with van der Waals surface area (Å²) in [6.07, 6.45) is 8.88. The molecular formula is C23H28BrN4O5P. The van der Waals surface area contributed by atoms with E-state index < -0.39 is 18.8 Å². The van der Waals surface area contributed by atoms with Crippen LogP contribution in [0.3, 0.4) is 0 Å². The molecule has 0 radical (unpaired) electrons. The number of aromatic nitrogens is 4. The number of hydrogen-bond donors (Lipinski definition) is 2. The molecule has 3 rings (SSSR count). The van der Waals surface area contributed by atoms with Gasteiger partial charge >= 0.3 is 13.3 Å². The Hall–Kier alpha value is -2.44. The number of terminal acetylenes is 1. The summed E-state index contributed by atoms with van der Waals surface area (Å²) in [5.74, 6) is 3.07. The van der Waals surface area contributed by atoms with Crippen molar-refractivity contribution in [3.63, 3.8) is 0 Å². The standard InChI is InChI=1S/C23H28BrN4O5P/c1-3-14-28-22(29)20-21(27(23(28)30)15-8-4-5-9-16-34(31,32)33)25-19(26(20)2)13-12-17-10-6-7-11-18(17)24/h1,6-7,10-11H,4-5,8-9,12-16H2,2H3,(H2,31,32,33). The zero-order chi connectivity index (χ0) is 24.9. The van der Waals surface area contributed by atoms with Gasteiger partial charge < -0.3 is 14.4 Å². The van der Waals surface area contributed by atoms with Crippen molar-refractivity contribution in [1.82, 2.24) is 18.7 Å². The third kappa shape index (κ3) is 6.16. The lowest BCUT2D eigenvalue weighted by molar-refractivity contribution is 0.370. The first-order valence-electron chi connectivity index (χ1n) is 11.0. The molecule has 0 unspecified atom stereocenters. The maximum absolute atomic E-state index is 13.1. The first-order chi connectivity index (χ1) is 16.1. The summed E-state index contributed by atoms with van der Waals surface area (Å²) in [5, 5.41) is 0. The number of aryl methyl sites for hydroxylation is 4. The van der Waals surface area contributed by atoms with Gasteiger partial charge in [0.25, 0.3) is 5.56 Å². The summed E-state index contributed by atoms with van der Waals surface area (Å²) in [7, 11) is -2.23. The van der Waals surface area contributed by atoms with Gasteiger partial charge in [0.1, 0.15) is 5.82 Å². The van der Waals surface area contributed by atoms with Gasteiger partial charge in [-0.05, 0) is 30.9 Å². The Morgan fingerprint density at radius 1 is 1.09 bits per heavy atom. The van der Waals surface area contributed by atoms with Crippen LogP contribution in [-0.4, -0.2) is 34.6 Å². The topological polar surface area (TPSA) is 119 Å². The molecular weight excluding hydrogens is 523 g/mol. The van der Waals surface area contributed by atoms with Crippen LogP contribution in [0.1, 0.15) is 37.1 Å². The normalized spacial score (nSPS) is 11.7. The van der Waals surface area contributed by atoms with E-state index in [1.165, 1.54) is 4.57 Å². The molecule has 0 spiro atoms. The molecule has 11 heteroatoms. The molecule has 0 bridgehead atoms. The number of hydrogen-bond acceptors (Lipinski definition) is 4. The number of unbranched alkanes of at least 4 members (excludes halogenated alkanes) is 3. The van der Waals surface area contributed by atoms with Crippen LogP contribution < -0.4 is 11.2 Å². The molecule has 182 valence electrons. The lowest BCUT2D eigenvalue weighted by Crippen LogP contribution is -2.40. The van der Waals surface area contributed by atoms with Crippen LogP contribution in [0.4, 0.5) is 0 Å². The second-order valence-corrected chi connectivity index (χ2v) is 10.8. The maximum atomic E-state index is 13.1. The van der Waals surface area contributed by atoms with E-state index in [0.29, 0.717) is 62.1 Å². The van der Waals surface area contributed by atoms with Crippen molar-refractivity contribution in [2.24, 2.45) is 7.05 Å². The lowest BCUT2D eigenvalue weighted by Gasteiger charge is -2.10. The molecule has 0 amide bonds. The molecule has 0 aliphatic carbocycles. The van der Waals surface area contributed by atoms with Crippen LogP contribution in [0.2, 0.25) is 0 Å². The minimum Gasteiger partial charge on any atom is -0.325 e. The second-order valence-electron chi connectivity index (χ2n) is 8.18. The van der Waals surface area contributed by atoms with E-state index in [-0.39, 0.29) is 12.7 Å². The van der Waals surface area contributed by atoms with Crippen LogP contribution in [0.15, 0.2) is 38.3 Å². The van der Waals surface area contributed by atoms with Crippen molar-refractivity contribution < 1.29 is 14.4 Å². The number of imidazole rings is 1. The molecule has 0 saturated carbocycles. The molecule has 9 nitrogen and oxygen atoms in total. The van der Waals surface area contributed by atoms with Gasteiger partial charge in [-0.25, -0.2) is 14.3 Å². The summed E-state index contributed by atoms with van der Waals surface area (Å²) in [5.41, 5.74) is 0.827. The van der Waals surface area contributed by atoms with Gasteiger partial charge in [0.2, 0.25) is 0 Å². The Morgan fingerprint density at radius 3 is 2.47 bits per heavy atom. The SMILES string of the molecule is C#CCn1c(=O)c2c(nc(CCc3ccccc3Br)n2C)n(CCCCCCP(=O)(O)O)c1=O. The van der Waals surface area contributed by atoms with Crippen LogP contribution in [-0.2, 0) is 37.5 Å². The zero-order valence-corrected chi connectivity index (χ0v) is 21.5. The number of fused-ring (bicyclic) bond motifs is 1. The predicted octanol–water partition coefficient (Wildman–Crippen LogP) is 2.82. The highest BCUT2D eigenvalue weighted by Gasteiger charge is 2.20. The number of rotatable bonds is 11. The van der Waals surface area contributed by atoms with Crippen molar-refractivity contribution in [2.75, 3.05) is 6.16 Å².